The van der Waals surface area contributed by atoms with Crippen LogP contribution < -0.4 is 0 Å². The standard InChI is InChI=1S/C12H21N/c1-6-13-9-11(3)10(2)7-8-12(13,4)5/h10-11H,6,9H2,1-5H3. The van der Waals surface area contributed by atoms with Crippen LogP contribution in [0.1, 0.15) is 34.6 Å². The second-order valence-corrected chi connectivity index (χ2v) is 4.63. The lowest BCUT2D eigenvalue weighted by Crippen LogP contribution is -2.44. The van der Waals surface area contributed by atoms with Crippen LogP contribution >= 0.6 is 0 Å². The molecule has 74 valence electrons. The molecule has 0 radical (unpaired) electrons. The van der Waals surface area contributed by atoms with Gasteiger partial charge in [-0.3, -0.25) is 4.90 Å². The SMILES string of the molecule is CCN1CC(C)C(C)C#CC1(C)C. The highest BCUT2D eigenvalue weighted by atomic mass is 15.2. The molecule has 0 fully saturated rings. The van der Waals surface area contributed by atoms with E-state index in [1.165, 1.54) is 0 Å². The van der Waals surface area contributed by atoms with E-state index >= 15 is 0 Å². The molecule has 0 N–H and O–H groups in total. The smallest absolute Gasteiger partial charge is 0.0768 e. The molecule has 0 bridgehead atoms. The molecule has 0 aromatic heterocycles. The van der Waals surface area contributed by atoms with Crippen LogP contribution in [-0.2, 0) is 0 Å². The molecule has 0 spiro atoms. The molecule has 1 nitrogen and oxygen atoms in total. The van der Waals surface area contributed by atoms with Crippen molar-refractivity contribution in [1.29, 1.82) is 0 Å². The monoisotopic (exact) mass is 179 g/mol. The van der Waals surface area contributed by atoms with Crippen molar-refractivity contribution in [1.82, 2.24) is 4.90 Å². The maximum Gasteiger partial charge on any atom is 0.0768 e. The molecule has 13 heavy (non-hydrogen) atoms. The highest BCUT2D eigenvalue weighted by molar-refractivity contribution is 5.19. The van der Waals surface area contributed by atoms with Crippen molar-refractivity contribution < 1.29 is 0 Å². The topological polar surface area (TPSA) is 3.24 Å². The Labute approximate surface area is 82.5 Å². The lowest BCUT2D eigenvalue weighted by molar-refractivity contribution is 0.151. The molecule has 1 rings (SSSR count). The van der Waals surface area contributed by atoms with Gasteiger partial charge in [0.1, 0.15) is 0 Å². The number of hydrogen-bond donors (Lipinski definition) is 0. The van der Waals surface area contributed by atoms with Gasteiger partial charge < -0.3 is 0 Å². The van der Waals surface area contributed by atoms with Crippen LogP contribution in [0.25, 0.3) is 0 Å². The van der Waals surface area contributed by atoms with Gasteiger partial charge in [0.05, 0.1) is 5.54 Å². The summed E-state index contributed by atoms with van der Waals surface area (Å²) in [4.78, 5) is 2.47. The Morgan fingerprint density at radius 2 is 2.00 bits per heavy atom. The average molecular weight is 179 g/mol. The first-order valence-corrected chi connectivity index (χ1v) is 5.25. The quantitative estimate of drug-likeness (QED) is 0.559. The van der Waals surface area contributed by atoms with Crippen LogP contribution in [0.5, 0.6) is 0 Å². The molecule has 1 aliphatic heterocycles. The first kappa shape index (κ1) is 10.6. The zero-order chi connectivity index (χ0) is 10.1. The maximum absolute atomic E-state index is 3.38. The van der Waals surface area contributed by atoms with Crippen molar-refractivity contribution in [3.63, 3.8) is 0 Å². The zero-order valence-electron chi connectivity index (χ0n) is 9.52. The molecule has 1 aliphatic rings. The molecule has 0 aliphatic carbocycles. The molecule has 2 unspecified atom stereocenters. The van der Waals surface area contributed by atoms with Gasteiger partial charge in [0.25, 0.3) is 0 Å². The summed E-state index contributed by atoms with van der Waals surface area (Å²) in [6.45, 7) is 13.4. The molecule has 1 heterocycles. The van der Waals surface area contributed by atoms with E-state index in [1.807, 2.05) is 0 Å². The Morgan fingerprint density at radius 3 is 2.54 bits per heavy atom. The van der Waals surface area contributed by atoms with Crippen LogP contribution in [-0.4, -0.2) is 23.5 Å². The fourth-order valence-electron chi connectivity index (χ4n) is 1.77. The number of hydrogen-bond acceptors (Lipinski definition) is 1. The molecule has 2 atom stereocenters. The van der Waals surface area contributed by atoms with Gasteiger partial charge in [-0.2, -0.15) is 0 Å². The van der Waals surface area contributed by atoms with Crippen LogP contribution in [0.4, 0.5) is 0 Å². The molecule has 0 saturated carbocycles. The summed E-state index contributed by atoms with van der Waals surface area (Å²) in [6, 6.07) is 0. The van der Waals surface area contributed by atoms with Crippen LogP contribution in [0.15, 0.2) is 0 Å². The van der Waals surface area contributed by atoms with E-state index in [9.17, 15) is 0 Å². The van der Waals surface area contributed by atoms with E-state index in [2.05, 4.69) is 51.4 Å². The summed E-state index contributed by atoms with van der Waals surface area (Å²) in [5, 5.41) is 0. The molecule has 0 aromatic carbocycles. The predicted octanol–water partition coefficient (Wildman–Crippen LogP) is 2.38. The Bertz CT molecular complexity index is 231. The van der Waals surface area contributed by atoms with Gasteiger partial charge in [0.2, 0.25) is 0 Å². The molecular weight excluding hydrogens is 158 g/mol. The summed E-state index contributed by atoms with van der Waals surface area (Å²) in [5.74, 6) is 7.96. The Morgan fingerprint density at radius 1 is 1.38 bits per heavy atom. The van der Waals surface area contributed by atoms with Gasteiger partial charge in [-0.05, 0) is 26.3 Å². The number of rotatable bonds is 1. The van der Waals surface area contributed by atoms with Gasteiger partial charge in [-0.15, -0.1) is 0 Å². The minimum Gasteiger partial charge on any atom is -0.288 e. The van der Waals surface area contributed by atoms with Crippen molar-refractivity contribution in [2.75, 3.05) is 13.1 Å². The largest absolute Gasteiger partial charge is 0.288 e. The van der Waals surface area contributed by atoms with E-state index in [-0.39, 0.29) is 5.54 Å². The third-order valence-electron chi connectivity index (χ3n) is 3.14. The highest BCUT2D eigenvalue weighted by Gasteiger charge is 2.28. The third kappa shape index (κ3) is 2.25. The molecule has 0 aromatic rings. The maximum atomic E-state index is 3.38. The van der Waals surface area contributed by atoms with E-state index in [4.69, 9.17) is 0 Å². The molecular formula is C12H21N. The zero-order valence-corrected chi connectivity index (χ0v) is 9.52. The summed E-state index contributed by atoms with van der Waals surface area (Å²) < 4.78 is 0. The predicted molar refractivity (Wildman–Crippen MR) is 57.4 cm³/mol. The Hall–Kier alpha value is -0.480. The highest BCUT2D eigenvalue weighted by Crippen LogP contribution is 2.22. The van der Waals surface area contributed by atoms with Gasteiger partial charge in [-0.1, -0.05) is 32.6 Å². The minimum atomic E-state index is 0.0633. The average Bonchev–Trinajstić information content (AvgIpc) is 2.16. The Kier molecular flexibility index (Phi) is 3.03. The fraction of sp³-hybridized carbons (Fsp3) is 0.833. The van der Waals surface area contributed by atoms with Gasteiger partial charge in [0.15, 0.2) is 0 Å². The van der Waals surface area contributed by atoms with Crippen molar-refractivity contribution in [3.8, 4) is 11.8 Å². The van der Waals surface area contributed by atoms with Crippen molar-refractivity contribution in [3.05, 3.63) is 0 Å². The minimum absolute atomic E-state index is 0.0633. The van der Waals surface area contributed by atoms with Crippen LogP contribution in [0, 0.1) is 23.7 Å². The number of nitrogens with zero attached hydrogens (tertiary/aromatic N) is 1. The summed E-state index contributed by atoms with van der Waals surface area (Å²) >= 11 is 0. The lowest BCUT2D eigenvalue weighted by Gasteiger charge is -2.34. The second kappa shape index (κ2) is 3.72. The third-order valence-corrected chi connectivity index (χ3v) is 3.14. The van der Waals surface area contributed by atoms with Crippen molar-refractivity contribution >= 4 is 0 Å². The van der Waals surface area contributed by atoms with E-state index in [0.29, 0.717) is 11.8 Å². The van der Waals surface area contributed by atoms with Crippen molar-refractivity contribution in [2.24, 2.45) is 11.8 Å². The molecule has 0 amide bonds. The van der Waals surface area contributed by atoms with Gasteiger partial charge >= 0.3 is 0 Å². The van der Waals surface area contributed by atoms with E-state index < -0.39 is 0 Å². The summed E-state index contributed by atoms with van der Waals surface area (Å²) in [6.07, 6.45) is 0. The van der Waals surface area contributed by atoms with Gasteiger partial charge in [-0.25, -0.2) is 0 Å². The second-order valence-electron chi connectivity index (χ2n) is 4.63. The summed E-state index contributed by atoms with van der Waals surface area (Å²) in [5.41, 5.74) is 0.0633. The first-order valence-electron chi connectivity index (χ1n) is 5.25. The van der Waals surface area contributed by atoms with Gasteiger partial charge in [0, 0.05) is 12.5 Å². The van der Waals surface area contributed by atoms with Crippen LogP contribution in [0.2, 0.25) is 0 Å². The van der Waals surface area contributed by atoms with E-state index in [0.717, 1.165) is 13.1 Å². The lowest BCUT2D eigenvalue weighted by atomic mass is 9.97. The summed E-state index contributed by atoms with van der Waals surface area (Å²) in [7, 11) is 0. The van der Waals surface area contributed by atoms with E-state index in [1.54, 1.807) is 0 Å². The first-order chi connectivity index (χ1) is 5.97. The normalized spacial score (nSPS) is 33.3. The Balaban J connectivity index is 2.87. The van der Waals surface area contributed by atoms with Crippen LogP contribution in [0.3, 0.4) is 0 Å². The fourth-order valence-corrected chi connectivity index (χ4v) is 1.77. The molecule has 1 heteroatoms. The van der Waals surface area contributed by atoms with Crippen molar-refractivity contribution in [2.45, 2.75) is 40.2 Å². The molecule has 0 saturated heterocycles.